The predicted molar refractivity (Wildman–Crippen MR) is 142 cm³/mol. The molecule has 0 aliphatic carbocycles. The number of halogens is 3. The summed E-state index contributed by atoms with van der Waals surface area (Å²) in [7, 11) is 0. The van der Waals surface area contributed by atoms with Gasteiger partial charge in [0.15, 0.2) is 5.84 Å². The van der Waals surface area contributed by atoms with Gasteiger partial charge in [-0.15, -0.1) is 0 Å². The molecule has 0 saturated carbocycles. The summed E-state index contributed by atoms with van der Waals surface area (Å²) < 4.78 is 39.3. The first kappa shape index (κ1) is 28.8. The number of amides is 1. The number of carbonyl (C=O) groups excluding carboxylic acids is 1. The molecule has 1 amide bonds. The largest absolute Gasteiger partial charge is 0.416 e. The average molecular weight is 547 g/mol. The predicted octanol–water partition coefficient (Wildman–Crippen LogP) is 4.51. The maximum Gasteiger partial charge on any atom is 0.416 e. The van der Waals surface area contributed by atoms with Crippen molar-refractivity contribution in [2.75, 3.05) is 39.3 Å². The lowest BCUT2D eigenvalue weighted by molar-refractivity contribution is -0.137. The van der Waals surface area contributed by atoms with Crippen molar-refractivity contribution in [3.63, 3.8) is 0 Å². The number of nitrogens with zero attached hydrogens (tertiary/aromatic N) is 6. The first-order valence-corrected chi connectivity index (χ1v) is 13.4. The van der Waals surface area contributed by atoms with Gasteiger partial charge < -0.3 is 14.6 Å². The zero-order chi connectivity index (χ0) is 28.4. The quantitative estimate of drug-likeness (QED) is 0.312. The Morgan fingerprint density at radius 3 is 2.23 bits per heavy atom. The van der Waals surface area contributed by atoms with Gasteiger partial charge in [-0.05, 0) is 59.6 Å². The summed E-state index contributed by atoms with van der Waals surface area (Å²) in [5.41, 5.74) is 1.81. The maximum absolute atomic E-state index is 13.2. The summed E-state index contributed by atoms with van der Waals surface area (Å²) in [6.45, 7) is 13.7. The minimum absolute atomic E-state index is 0.0147. The van der Waals surface area contributed by atoms with Gasteiger partial charge in [-0.1, -0.05) is 17.3 Å². The van der Waals surface area contributed by atoms with Gasteiger partial charge >= 0.3 is 6.18 Å². The molecule has 2 aromatic rings. The number of piperazine rings is 1. The third-order valence-electron chi connectivity index (χ3n) is 7.98. The number of rotatable bonds is 5. The smallest absolute Gasteiger partial charge is 0.394 e. The highest BCUT2D eigenvalue weighted by Crippen LogP contribution is 2.33. The van der Waals surface area contributed by atoms with Gasteiger partial charge in [0.05, 0.1) is 22.5 Å². The van der Waals surface area contributed by atoms with Crippen LogP contribution in [0.25, 0.3) is 0 Å². The van der Waals surface area contributed by atoms with Crippen LogP contribution in [0.4, 0.5) is 13.2 Å². The Hall–Kier alpha value is -3.21. The number of aromatic nitrogens is 2. The molecule has 0 spiro atoms. The van der Waals surface area contributed by atoms with Crippen LogP contribution in [0.5, 0.6) is 0 Å². The molecule has 0 radical (unpaired) electrons. The van der Waals surface area contributed by atoms with Crippen LogP contribution in [-0.2, 0) is 11.0 Å². The summed E-state index contributed by atoms with van der Waals surface area (Å²) in [6.07, 6.45) is -1.22. The number of piperidine rings is 1. The van der Waals surface area contributed by atoms with Gasteiger partial charge in [0.1, 0.15) is 12.9 Å². The molecule has 1 aromatic heterocycles. The van der Waals surface area contributed by atoms with E-state index in [-0.39, 0.29) is 17.5 Å². The second-order valence-electron chi connectivity index (χ2n) is 10.6. The third-order valence-corrected chi connectivity index (χ3v) is 7.98. The number of alkyl halides is 3. The van der Waals surface area contributed by atoms with E-state index in [9.17, 15) is 18.0 Å². The Bertz CT molecular complexity index is 1170. The number of oxime groups is 1. The van der Waals surface area contributed by atoms with Crippen LogP contribution in [0.15, 0.2) is 35.7 Å². The number of benzene rings is 1. The van der Waals surface area contributed by atoms with E-state index in [1.165, 1.54) is 18.5 Å². The van der Waals surface area contributed by atoms with Gasteiger partial charge in [0.25, 0.3) is 5.91 Å². The van der Waals surface area contributed by atoms with E-state index in [4.69, 9.17) is 4.84 Å². The summed E-state index contributed by atoms with van der Waals surface area (Å²) in [5.74, 6) is 0.526. The summed E-state index contributed by atoms with van der Waals surface area (Å²) in [5, 5.41) is 4.29. The molecule has 2 fully saturated rings. The Labute approximate surface area is 227 Å². The molecule has 0 bridgehead atoms. The van der Waals surface area contributed by atoms with Crippen molar-refractivity contribution in [3.05, 3.63) is 58.7 Å². The molecule has 0 N–H and O–H groups in total. The normalized spacial score (nSPS) is 20.7. The number of hydrogen-bond donors (Lipinski definition) is 0. The first-order chi connectivity index (χ1) is 18.4. The number of aryl methyl sites for hydroxylation is 2. The summed E-state index contributed by atoms with van der Waals surface area (Å²) in [6, 6.07) is 5.13. The highest BCUT2D eigenvalue weighted by Gasteiger charge is 2.41. The molecule has 2 aliphatic rings. The lowest BCUT2D eigenvalue weighted by Gasteiger charge is -2.52. The second kappa shape index (κ2) is 11.5. The lowest BCUT2D eigenvalue weighted by Crippen LogP contribution is -2.63. The molecular formula is C28H37F3N6O2. The van der Waals surface area contributed by atoms with Crippen molar-refractivity contribution in [1.82, 2.24) is 24.7 Å². The highest BCUT2D eigenvalue weighted by atomic mass is 19.4. The van der Waals surface area contributed by atoms with Gasteiger partial charge in [0, 0.05) is 49.9 Å². The minimum Gasteiger partial charge on any atom is -0.394 e. The fourth-order valence-corrected chi connectivity index (χ4v) is 5.54. The van der Waals surface area contributed by atoms with Crippen molar-refractivity contribution in [2.45, 2.75) is 65.2 Å². The van der Waals surface area contributed by atoms with E-state index in [0.29, 0.717) is 54.6 Å². The van der Waals surface area contributed by atoms with Crippen molar-refractivity contribution in [1.29, 1.82) is 0 Å². The molecule has 11 heteroatoms. The molecule has 1 aromatic carbocycles. The molecule has 8 nitrogen and oxygen atoms in total. The van der Waals surface area contributed by atoms with E-state index in [0.717, 1.165) is 38.1 Å². The third kappa shape index (κ3) is 6.18. The molecule has 3 heterocycles. The lowest BCUT2D eigenvalue weighted by atomic mass is 9.86. The van der Waals surface area contributed by atoms with Crippen LogP contribution in [0, 0.1) is 13.8 Å². The standard InChI is InChI=1S/C28H37F3N6O2/c1-6-39-34-25(22-7-9-23(10-8-22)28(29,30)31)37-16-15-36(17-19(37)2)27(5)11-13-35(14-12-27)26(38)24-20(3)32-18-33-21(24)4/h7-10,18-19H,6,11-17H2,1-5H3/t19-/m0/s1. The van der Waals surface area contributed by atoms with Crippen LogP contribution >= 0.6 is 0 Å². The van der Waals surface area contributed by atoms with E-state index in [1.54, 1.807) is 0 Å². The molecule has 1 atom stereocenters. The van der Waals surface area contributed by atoms with Crippen molar-refractivity contribution < 1.29 is 22.8 Å². The fraction of sp³-hybridized carbons (Fsp3) is 0.571. The molecule has 39 heavy (non-hydrogen) atoms. The Kier molecular flexibility index (Phi) is 8.48. The van der Waals surface area contributed by atoms with E-state index < -0.39 is 11.7 Å². The summed E-state index contributed by atoms with van der Waals surface area (Å²) in [4.78, 5) is 33.5. The number of amidine groups is 1. The van der Waals surface area contributed by atoms with Crippen molar-refractivity contribution in [3.8, 4) is 0 Å². The molecule has 0 unspecified atom stereocenters. The fourth-order valence-electron chi connectivity index (χ4n) is 5.54. The van der Waals surface area contributed by atoms with Crippen LogP contribution in [0.2, 0.25) is 0 Å². The molecule has 4 rings (SSSR count). The molecular weight excluding hydrogens is 509 g/mol. The Balaban J connectivity index is 1.43. The second-order valence-corrected chi connectivity index (χ2v) is 10.6. The highest BCUT2D eigenvalue weighted by molar-refractivity contribution is 5.99. The van der Waals surface area contributed by atoms with Gasteiger partial charge in [-0.25, -0.2) is 9.97 Å². The summed E-state index contributed by atoms with van der Waals surface area (Å²) >= 11 is 0. The first-order valence-electron chi connectivity index (χ1n) is 13.4. The number of carbonyl (C=O) groups is 1. The van der Waals surface area contributed by atoms with Crippen LogP contribution in [-0.4, -0.2) is 87.3 Å². The monoisotopic (exact) mass is 546 g/mol. The molecule has 212 valence electrons. The van der Waals surface area contributed by atoms with E-state index in [2.05, 4.69) is 38.8 Å². The van der Waals surface area contributed by atoms with Crippen molar-refractivity contribution in [2.24, 2.45) is 5.16 Å². The minimum atomic E-state index is -4.39. The van der Waals surface area contributed by atoms with Gasteiger partial charge in [0.2, 0.25) is 0 Å². The van der Waals surface area contributed by atoms with Gasteiger partial charge in [-0.2, -0.15) is 13.2 Å². The average Bonchev–Trinajstić information content (AvgIpc) is 2.89. The Morgan fingerprint density at radius 2 is 1.69 bits per heavy atom. The zero-order valence-corrected chi connectivity index (χ0v) is 23.3. The number of hydrogen-bond acceptors (Lipinski definition) is 6. The maximum atomic E-state index is 13.2. The van der Waals surface area contributed by atoms with Crippen LogP contribution < -0.4 is 0 Å². The van der Waals surface area contributed by atoms with Crippen LogP contribution in [0.3, 0.4) is 0 Å². The van der Waals surface area contributed by atoms with E-state index >= 15 is 0 Å². The van der Waals surface area contributed by atoms with Crippen molar-refractivity contribution >= 4 is 11.7 Å². The van der Waals surface area contributed by atoms with E-state index in [1.807, 2.05) is 25.7 Å². The topological polar surface area (TPSA) is 74.2 Å². The molecule has 2 aliphatic heterocycles. The van der Waals surface area contributed by atoms with Gasteiger partial charge in [-0.3, -0.25) is 9.69 Å². The van der Waals surface area contributed by atoms with Crippen LogP contribution in [0.1, 0.15) is 66.5 Å². The zero-order valence-electron chi connectivity index (χ0n) is 23.3. The Morgan fingerprint density at radius 1 is 1.08 bits per heavy atom. The number of likely N-dealkylation sites (tertiary alicyclic amines) is 1. The SMILES string of the molecule is CCON=C(c1ccc(C(F)(F)F)cc1)N1CCN(C2(C)CCN(C(=O)c3c(C)ncnc3C)CC2)C[C@@H]1C. The molecule has 2 saturated heterocycles.